The number of nitrogens with one attached hydrogen (secondary N) is 3. The Labute approximate surface area is 248 Å². The number of anilines is 2. The van der Waals surface area contributed by atoms with Crippen LogP contribution in [0.25, 0.3) is 11.2 Å². The van der Waals surface area contributed by atoms with E-state index in [-0.39, 0.29) is 30.4 Å². The Morgan fingerprint density at radius 3 is 2.28 bits per heavy atom. The Bertz CT molecular complexity index is 1580. The van der Waals surface area contributed by atoms with E-state index in [4.69, 9.17) is 14.7 Å². The number of aliphatic hydroxyl groups is 3. The first-order valence-electron chi connectivity index (χ1n) is 14.3. The fourth-order valence-electron chi connectivity index (χ4n) is 5.35. The molecular formula is C30H35N9O4. The van der Waals surface area contributed by atoms with Crippen LogP contribution in [0.5, 0.6) is 0 Å². The molecule has 0 unspecified atom stereocenters. The molecule has 1 aliphatic heterocycles. The van der Waals surface area contributed by atoms with Crippen molar-refractivity contribution in [2.45, 2.75) is 50.3 Å². The maximum Gasteiger partial charge on any atom is 0.227 e. The SMILES string of the molecule is CC(C)[C@@H](CO)Nc1nc(NCC(c2ccccc2)c2ccccc2)c2ncn([C@@H]3O[C@H](c4nnc[nH]4)[C@@H](O)[C@H]3O)c2n1. The van der Waals surface area contributed by atoms with Gasteiger partial charge in [0.25, 0.3) is 0 Å². The van der Waals surface area contributed by atoms with E-state index in [2.05, 4.69) is 55.1 Å². The van der Waals surface area contributed by atoms with E-state index < -0.39 is 24.5 Å². The van der Waals surface area contributed by atoms with Crippen molar-refractivity contribution in [3.63, 3.8) is 0 Å². The summed E-state index contributed by atoms with van der Waals surface area (Å²) in [5.41, 5.74) is 3.13. The molecule has 2 aromatic carbocycles. The summed E-state index contributed by atoms with van der Waals surface area (Å²) in [4.78, 5) is 16.9. The Morgan fingerprint density at radius 1 is 0.977 bits per heavy atom. The highest BCUT2D eigenvalue weighted by Crippen LogP contribution is 2.39. The predicted octanol–water partition coefficient (Wildman–Crippen LogP) is 2.61. The molecule has 0 radical (unpaired) electrons. The second kappa shape index (κ2) is 12.4. The average Bonchev–Trinajstić information content (AvgIpc) is 3.77. The van der Waals surface area contributed by atoms with Crippen LogP contribution in [0.15, 0.2) is 73.3 Å². The molecular weight excluding hydrogens is 550 g/mol. The third-order valence-electron chi connectivity index (χ3n) is 7.83. The van der Waals surface area contributed by atoms with Crippen LogP contribution in [0.4, 0.5) is 11.8 Å². The summed E-state index contributed by atoms with van der Waals surface area (Å²) < 4.78 is 7.64. The number of H-pyrrole nitrogens is 1. The van der Waals surface area contributed by atoms with Crippen LogP contribution in [0, 0.1) is 5.92 Å². The number of fused-ring (bicyclic) bond motifs is 1. The first kappa shape index (κ1) is 28.7. The van der Waals surface area contributed by atoms with Gasteiger partial charge in [0.1, 0.15) is 24.6 Å². The smallest absolute Gasteiger partial charge is 0.227 e. The molecule has 0 amide bonds. The topological polar surface area (TPSA) is 179 Å². The minimum Gasteiger partial charge on any atom is -0.394 e. The van der Waals surface area contributed by atoms with Crippen LogP contribution in [0.2, 0.25) is 0 Å². The molecule has 4 heterocycles. The van der Waals surface area contributed by atoms with Gasteiger partial charge >= 0.3 is 0 Å². The molecule has 1 fully saturated rings. The number of hydrogen-bond acceptors (Lipinski definition) is 11. The number of aromatic nitrogens is 7. The number of aromatic amines is 1. The summed E-state index contributed by atoms with van der Waals surface area (Å²) in [6, 6.07) is 20.2. The first-order chi connectivity index (χ1) is 20.9. The Balaban J connectivity index is 1.37. The Kier molecular flexibility index (Phi) is 8.29. The van der Waals surface area contributed by atoms with Crippen molar-refractivity contribution in [2.75, 3.05) is 23.8 Å². The number of ether oxygens (including phenoxy) is 1. The summed E-state index contributed by atoms with van der Waals surface area (Å²) in [5.74, 6) is 1.17. The zero-order valence-electron chi connectivity index (χ0n) is 23.8. The second-order valence-electron chi connectivity index (χ2n) is 11.0. The van der Waals surface area contributed by atoms with Crippen molar-refractivity contribution in [2.24, 2.45) is 5.92 Å². The fourth-order valence-corrected chi connectivity index (χ4v) is 5.35. The van der Waals surface area contributed by atoms with Gasteiger partial charge in [-0.3, -0.25) is 4.57 Å². The number of benzene rings is 2. The average molecular weight is 586 g/mol. The highest BCUT2D eigenvalue weighted by atomic mass is 16.6. The summed E-state index contributed by atoms with van der Waals surface area (Å²) in [7, 11) is 0. The number of imidazole rings is 1. The molecule has 5 aromatic rings. The van der Waals surface area contributed by atoms with Gasteiger partial charge in [0, 0.05) is 12.5 Å². The molecule has 224 valence electrons. The van der Waals surface area contributed by atoms with E-state index in [0.717, 1.165) is 11.1 Å². The molecule has 0 spiro atoms. The maximum absolute atomic E-state index is 11.0. The van der Waals surface area contributed by atoms with Gasteiger partial charge in [0.05, 0.1) is 19.0 Å². The van der Waals surface area contributed by atoms with E-state index >= 15 is 0 Å². The predicted molar refractivity (Wildman–Crippen MR) is 159 cm³/mol. The van der Waals surface area contributed by atoms with Gasteiger partial charge in [-0.1, -0.05) is 74.5 Å². The van der Waals surface area contributed by atoms with Gasteiger partial charge in [-0.05, 0) is 17.0 Å². The normalized spacial score (nSPS) is 21.1. The lowest BCUT2D eigenvalue weighted by Gasteiger charge is -2.22. The minimum atomic E-state index is -1.29. The summed E-state index contributed by atoms with van der Waals surface area (Å²) in [6.45, 7) is 4.39. The Morgan fingerprint density at radius 2 is 1.67 bits per heavy atom. The standard InChI is InChI=1S/C30H35N9O4/c1-17(2)21(14-40)35-30-36-26(31-13-20(18-9-5-3-6-10-18)19-11-7-4-8-12-19)22-28(37-30)39(16-33-22)29-24(42)23(41)25(43-29)27-32-15-34-38-27/h3-12,15-17,20-21,23-25,29,40-42H,13-14H2,1-2H3,(H,32,34,38)(H2,31,35,36,37)/t21-,23+,24-,25+,29-/m1/s1. The molecule has 0 saturated carbocycles. The zero-order chi connectivity index (χ0) is 29.9. The molecule has 6 rings (SSSR count). The highest BCUT2D eigenvalue weighted by molar-refractivity contribution is 5.84. The molecule has 13 heteroatoms. The number of hydrogen-bond donors (Lipinski definition) is 6. The van der Waals surface area contributed by atoms with Crippen LogP contribution in [-0.4, -0.2) is 81.4 Å². The largest absolute Gasteiger partial charge is 0.394 e. The molecule has 5 atom stereocenters. The van der Waals surface area contributed by atoms with E-state index in [1.165, 1.54) is 12.7 Å². The Hall–Kier alpha value is -4.43. The van der Waals surface area contributed by atoms with E-state index in [1.54, 1.807) is 4.57 Å². The van der Waals surface area contributed by atoms with E-state index in [1.807, 2.05) is 50.2 Å². The lowest BCUT2D eigenvalue weighted by atomic mass is 9.91. The third-order valence-corrected chi connectivity index (χ3v) is 7.83. The second-order valence-corrected chi connectivity index (χ2v) is 11.0. The van der Waals surface area contributed by atoms with Gasteiger partial charge in [-0.25, -0.2) is 4.98 Å². The quantitative estimate of drug-likeness (QED) is 0.134. The number of aliphatic hydroxyl groups excluding tert-OH is 3. The van der Waals surface area contributed by atoms with Gasteiger partial charge in [-0.2, -0.15) is 9.97 Å². The summed E-state index contributed by atoms with van der Waals surface area (Å²) in [6.07, 6.45) is -1.60. The van der Waals surface area contributed by atoms with Crippen LogP contribution in [0.3, 0.4) is 0 Å². The molecule has 0 aliphatic carbocycles. The van der Waals surface area contributed by atoms with Crippen molar-refractivity contribution < 1.29 is 20.1 Å². The summed E-state index contributed by atoms with van der Waals surface area (Å²) >= 11 is 0. The zero-order valence-corrected chi connectivity index (χ0v) is 23.8. The molecule has 0 bridgehead atoms. The number of nitrogens with zero attached hydrogens (tertiary/aromatic N) is 6. The fraction of sp³-hybridized carbons (Fsp3) is 0.367. The molecule has 43 heavy (non-hydrogen) atoms. The molecule has 1 aliphatic rings. The monoisotopic (exact) mass is 585 g/mol. The van der Waals surface area contributed by atoms with Gasteiger partial charge < -0.3 is 35.7 Å². The van der Waals surface area contributed by atoms with Crippen molar-refractivity contribution in [3.05, 3.63) is 90.3 Å². The van der Waals surface area contributed by atoms with Crippen molar-refractivity contribution in [1.82, 2.24) is 34.7 Å². The lowest BCUT2D eigenvalue weighted by molar-refractivity contribution is -0.0382. The van der Waals surface area contributed by atoms with Gasteiger partial charge in [0.2, 0.25) is 5.95 Å². The van der Waals surface area contributed by atoms with Crippen LogP contribution < -0.4 is 10.6 Å². The van der Waals surface area contributed by atoms with Crippen LogP contribution in [0.1, 0.15) is 49.0 Å². The van der Waals surface area contributed by atoms with Crippen LogP contribution >= 0.6 is 0 Å². The van der Waals surface area contributed by atoms with Crippen molar-refractivity contribution in [1.29, 1.82) is 0 Å². The highest BCUT2D eigenvalue weighted by Gasteiger charge is 2.46. The van der Waals surface area contributed by atoms with E-state index in [0.29, 0.717) is 29.4 Å². The first-order valence-corrected chi connectivity index (χ1v) is 14.3. The molecule has 13 nitrogen and oxygen atoms in total. The minimum absolute atomic E-state index is 0.0181. The third kappa shape index (κ3) is 5.79. The van der Waals surface area contributed by atoms with Crippen LogP contribution in [-0.2, 0) is 4.74 Å². The van der Waals surface area contributed by atoms with Crippen molar-refractivity contribution >= 4 is 22.9 Å². The molecule has 3 aromatic heterocycles. The number of rotatable bonds is 11. The van der Waals surface area contributed by atoms with Gasteiger partial charge in [0.15, 0.2) is 29.0 Å². The molecule has 1 saturated heterocycles. The summed E-state index contributed by atoms with van der Waals surface area (Å²) in [5, 5.41) is 46.2. The molecule has 6 N–H and O–H groups in total. The van der Waals surface area contributed by atoms with Gasteiger partial charge in [-0.15, -0.1) is 10.2 Å². The van der Waals surface area contributed by atoms with Crippen molar-refractivity contribution in [3.8, 4) is 0 Å². The van der Waals surface area contributed by atoms with E-state index in [9.17, 15) is 15.3 Å². The lowest BCUT2D eigenvalue weighted by Crippen LogP contribution is -2.31. The maximum atomic E-state index is 11.0.